The number of amidine groups is 1. The Balaban J connectivity index is 1.41. The fraction of sp³-hybridized carbons (Fsp3) is 0.360. The lowest BCUT2D eigenvalue weighted by Gasteiger charge is -2.44. The molecule has 40 heavy (non-hydrogen) atoms. The van der Waals surface area contributed by atoms with Crippen LogP contribution in [0.15, 0.2) is 44.9 Å². The van der Waals surface area contributed by atoms with Crippen LogP contribution in [0.5, 0.6) is 0 Å². The van der Waals surface area contributed by atoms with Crippen molar-refractivity contribution >= 4 is 61.1 Å². The maximum absolute atomic E-state index is 15.2. The standard InChI is InChI=1S/C25H25ClF3N5O3S3/c1-14(2)40(36,37)20-6-5-19(38-20)39(35)32-22-17(28)4-3-16(26)21(22)23(30)34-10-9-33(13-25(34)7-8-25)24-18(29)11-15(27)12-31-24/h3-6,11-12,14,30,32H,7-10,13H2,1-2H3. The van der Waals surface area contributed by atoms with Gasteiger partial charge in [0.1, 0.15) is 25.9 Å². The zero-order valence-electron chi connectivity index (χ0n) is 21.4. The first-order valence-electron chi connectivity index (χ1n) is 12.3. The lowest BCUT2D eigenvalue weighted by atomic mass is 10.0. The van der Waals surface area contributed by atoms with Gasteiger partial charge in [0.25, 0.3) is 0 Å². The van der Waals surface area contributed by atoms with Crippen molar-refractivity contribution in [2.45, 2.75) is 45.9 Å². The minimum absolute atomic E-state index is 0.00686. The average Bonchev–Trinajstić information content (AvgIpc) is 3.44. The monoisotopic (exact) mass is 631 g/mol. The van der Waals surface area contributed by atoms with Crippen molar-refractivity contribution < 1.29 is 25.8 Å². The van der Waals surface area contributed by atoms with Gasteiger partial charge in [-0.25, -0.2) is 30.8 Å². The molecule has 5 rings (SSSR count). The Hall–Kier alpha value is -2.68. The number of nitrogens with one attached hydrogen (secondary N) is 2. The molecule has 1 aliphatic heterocycles. The molecule has 2 aliphatic rings. The van der Waals surface area contributed by atoms with Gasteiger partial charge in [-0.15, -0.1) is 11.3 Å². The second-order valence-corrected chi connectivity index (χ2v) is 15.6. The Kier molecular flexibility index (Phi) is 7.66. The summed E-state index contributed by atoms with van der Waals surface area (Å²) in [5.74, 6) is -2.41. The van der Waals surface area contributed by atoms with Gasteiger partial charge >= 0.3 is 0 Å². The number of halogens is 4. The second kappa shape index (κ2) is 10.6. The number of hydrogen-bond donors (Lipinski definition) is 2. The number of hydrogen-bond acceptors (Lipinski definition) is 7. The molecule has 1 atom stereocenters. The molecule has 1 saturated carbocycles. The van der Waals surface area contributed by atoms with E-state index >= 15 is 4.39 Å². The summed E-state index contributed by atoms with van der Waals surface area (Å²) in [5.41, 5.74) is -0.799. The number of benzene rings is 1. The molecular formula is C25H25ClF3N5O3S3. The SMILES string of the molecule is CC(C)S(=O)(=O)c1ccc(S(=O)Nc2c(F)ccc(Cl)c2C(=N)N2CCN(c3ncc(F)cc3F)CC23CC3)s1. The third-order valence-electron chi connectivity index (χ3n) is 7.01. The largest absolute Gasteiger partial charge is 0.350 e. The molecule has 1 spiro atoms. The Bertz CT molecular complexity index is 1630. The van der Waals surface area contributed by atoms with Gasteiger partial charge in [0, 0.05) is 25.7 Å². The fourth-order valence-electron chi connectivity index (χ4n) is 4.67. The molecule has 2 fully saturated rings. The number of nitrogens with zero attached hydrogens (tertiary/aromatic N) is 3. The van der Waals surface area contributed by atoms with Crippen molar-refractivity contribution in [1.29, 1.82) is 5.41 Å². The molecule has 0 amide bonds. The van der Waals surface area contributed by atoms with Gasteiger partial charge in [-0.2, -0.15) is 0 Å². The number of rotatable bonds is 7. The first-order valence-corrected chi connectivity index (χ1v) is 16.2. The molecular weight excluding hydrogens is 607 g/mol. The summed E-state index contributed by atoms with van der Waals surface area (Å²) in [4.78, 5) is 7.38. The number of sulfone groups is 1. The van der Waals surface area contributed by atoms with Crippen LogP contribution in [0.4, 0.5) is 24.7 Å². The Labute approximate surface area is 241 Å². The molecule has 8 nitrogen and oxygen atoms in total. The molecule has 1 unspecified atom stereocenters. The molecule has 3 heterocycles. The molecule has 2 aromatic heterocycles. The summed E-state index contributed by atoms with van der Waals surface area (Å²) in [5, 5.41) is 8.42. The molecule has 1 aromatic carbocycles. The average molecular weight is 632 g/mol. The van der Waals surface area contributed by atoms with E-state index in [9.17, 15) is 21.4 Å². The third kappa shape index (κ3) is 5.21. The Morgan fingerprint density at radius 2 is 1.90 bits per heavy atom. The van der Waals surface area contributed by atoms with Crippen LogP contribution in [0.25, 0.3) is 0 Å². The van der Waals surface area contributed by atoms with Crippen LogP contribution >= 0.6 is 22.9 Å². The van der Waals surface area contributed by atoms with E-state index in [2.05, 4.69) is 9.71 Å². The number of thiophene rings is 1. The normalized spacial score (nSPS) is 17.4. The van der Waals surface area contributed by atoms with Crippen LogP contribution in [-0.2, 0) is 20.8 Å². The van der Waals surface area contributed by atoms with E-state index in [0.717, 1.165) is 29.7 Å². The maximum Gasteiger partial charge on any atom is 0.190 e. The summed E-state index contributed by atoms with van der Waals surface area (Å²) in [6.07, 6.45) is 2.31. The van der Waals surface area contributed by atoms with E-state index in [-0.39, 0.29) is 49.4 Å². The highest BCUT2D eigenvalue weighted by Gasteiger charge is 2.53. The van der Waals surface area contributed by atoms with Gasteiger partial charge in [0.2, 0.25) is 0 Å². The van der Waals surface area contributed by atoms with Crippen molar-refractivity contribution in [3.05, 3.63) is 64.6 Å². The maximum atomic E-state index is 15.2. The predicted molar refractivity (Wildman–Crippen MR) is 150 cm³/mol. The van der Waals surface area contributed by atoms with Gasteiger partial charge < -0.3 is 9.80 Å². The van der Waals surface area contributed by atoms with Crippen molar-refractivity contribution in [2.75, 3.05) is 29.3 Å². The first kappa shape index (κ1) is 28.8. The summed E-state index contributed by atoms with van der Waals surface area (Å²) >= 11 is 7.28. The molecule has 214 valence electrons. The minimum Gasteiger partial charge on any atom is -0.350 e. The van der Waals surface area contributed by atoms with Gasteiger partial charge in [-0.1, -0.05) is 11.6 Å². The molecule has 0 radical (unpaired) electrons. The molecule has 0 bridgehead atoms. The minimum atomic E-state index is -3.58. The number of aromatic nitrogens is 1. The number of pyridine rings is 1. The van der Waals surface area contributed by atoms with Crippen LogP contribution in [0.1, 0.15) is 32.3 Å². The topological polar surface area (TPSA) is 106 Å². The smallest absolute Gasteiger partial charge is 0.190 e. The highest BCUT2D eigenvalue weighted by molar-refractivity contribution is 7.95. The van der Waals surface area contributed by atoms with Gasteiger partial charge in [-0.05, 0) is 51.0 Å². The number of anilines is 2. The predicted octanol–water partition coefficient (Wildman–Crippen LogP) is 5.21. The molecule has 3 aromatic rings. The van der Waals surface area contributed by atoms with E-state index in [0.29, 0.717) is 19.4 Å². The summed E-state index contributed by atoms with van der Waals surface area (Å²) in [6, 6.07) is 5.94. The zero-order chi connectivity index (χ0) is 29.0. The van der Waals surface area contributed by atoms with Crippen LogP contribution in [0, 0.1) is 22.9 Å². The van der Waals surface area contributed by atoms with Gasteiger partial charge in [0.05, 0.1) is 33.3 Å². The van der Waals surface area contributed by atoms with Crippen LogP contribution < -0.4 is 9.62 Å². The van der Waals surface area contributed by atoms with Crippen LogP contribution in [0.3, 0.4) is 0 Å². The molecule has 1 saturated heterocycles. The highest BCUT2D eigenvalue weighted by Crippen LogP contribution is 2.47. The van der Waals surface area contributed by atoms with Crippen LogP contribution in [0.2, 0.25) is 5.02 Å². The van der Waals surface area contributed by atoms with E-state index in [4.69, 9.17) is 17.0 Å². The van der Waals surface area contributed by atoms with Crippen molar-refractivity contribution in [3.63, 3.8) is 0 Å². The Morgan fingerprint density at radius 1 is 1.18 bits per heavy atom. The van der Waals surface area contributed by atoms with Crippen LogP contribution in [-0.4, -0.2) is 58.8 Å². The van der Waals surface area contributed by atoms with Crippen molar-refractivity contribution in [2.24, 2.45) is 0 Å². The molecule has 1 aliphatic carbocycles. The lowest BCUT2D eigenvalue weighted by molar-refractivity contribution is 0.257. The summed E-state index contributed by atoms with van der Waals surface area (Å²) in [6.45, 7) is 3.93. The van der Waals surface area contributed by atoms with Gasteiger partial charge in [0.15, 0.2) is 32.5 Å². The van der Waals surface area contributed by atoms with E-state index in [1.54, 1.807) is 23.6 Å². The van der Waals surface area contributed by atoms with E-state index < -0.39 is 49.1 Å². The first-order chi connectivity index (χ1) is 18.8. The van der Waals surface area contributed by atoms with E-state index in [1.807, 2.05) is 0 Å². The van der Waals surface area contributed by atoms with Crippen molar-refractivity contribution in [1.82, 2.24) is 9.88 Å². The molecule has 2 N–H and O–H groups in total. The Morgan fingerprint density at radius 3 is 2.55 bits per heavy atom. The summed E-state index contributed by atoms with van der Waals surface area (Å²) < 4.78 is 83.9. The molecule has 15 heteroatoms. The second-order valence-electron chi connectivity index (χ2n) is 9.92. The summed E-state index contributed by atoms with van der Waals surface area (Å²) in [7, 11) is -5.63. The number of piperazine rings is 1. The fourth-order valence-corrected chi connectivity index (χ4v) is 8.95. The van der Waals surface area contributed by atoms with E-state index in [1.165, 1.54) is 18.2 Å². The quantitative estimate of drug-likeness (QED) is 0.274. The van der Waals surface area contributed by atoms with Gasteiger partial charge in [-0.3, -0.25) is 10.1 Å². The third-order valence-corrected chi connectivity index (χ3v) is 12.5. The van der Waals surface area contributed by atoms with Crippen molar-refractivity contribution in [3.8, 4) is 0 Å². The lowest BCUT2D eigenvalue weighted by Crippen LogP contribution is -2.57. The zero-order valence-corrected chi connectivity index (χ0v) is 24.6. The highest BCUT2D eigenvalue weighted by atomic mass is 35.5.